The Morgan fingerprint density at radius 2 is 1.69 bits per heavy atom. The normalized spacial score (nSPS) is 13.1. The maximum absolute atomic E-state index is 12.7. The van der Waals surface area contributed by atoms with Gasteiger partial charge in [0, 0.05) is 0 Å². The highest BCUT2D eigenvalue weighted by molar-refractivity contribution is 7.93. The van der Waals surface area contributed by atoms with Gasteiger partial charge in [-0.2, -0.15) is 0 Å². The summed E-state index contributed by atoms with van der Waals surface area (Å²) in [7, 11) is -6.60. The summed E-state index contributed by atoms with van der Waals surface area (Å²) in [6.07, 6.45) is 0. The zero-order valence-electron chi connectivity index (χ0n) is 9.15. The van der Waals surface area contributed by atoms with Gasteiger partial charge in [0.05, 0.1) is 10.3 Å². The Labute approximate surface area is 95.2 Å². The quantitative estimate of drug-likeness (QED) is 0.783. The molecule has 0 saturated carbocycles. The molecule has 0 amide bonds. The van der Waals surface area contributed by atoms with Crippen molar-refractivity contribution in [2.45, 2.75) is 24.0 Å². The molecule has 0 aliphatic carbocycles. The van der Waals surface area contributed by atoms with Gasteiger partial charge in [-0.1, -0.05) is 31.3 Å². The van der Waals surface area contributed by atoms with Crippen molar-refractivity contribution < 1.29 is 17.2 Å². The molecule has 6 heteroatoms. The molecule has 0 aliphatic rings. The van der Waals surface area contributed by atoms with Gasteiger partial charge in [-0.25, -0.2) is 17.2 Å². The second kappa shape index (κ2) is 4.63. The molecule has 0 heterocycles. The van der Waals surface area contributed by atoms with Crippen LogP contribution in [-0.4, -0.2) is 27.9 Å². The van der Waals surface area contributed by atoms with E-state index in [4.69, 9.17) is 0 Å². The smallest absolute Gasteiger partial charge is 0.221 e. The van der Waals surface area contributed by atoms with Crippen LogP contribution in [0, 0.1) is 0 Å². The van der Waals surface area contributed by atoms with Crippen molar-refractivity contribution in [3.63, 3.8) is 0 Å². The van der Waals surface area contributed by atoms with Crippen LogP contribution in [0.4, 0.5) is 8.78 Å². The van der Waals surface area contributed by atoms with Gasteiger partial charge in [-0.15, -0.1) is 0 Å². The van der Waals surface area contributed by atoms with Crippen LogP contribution in [0.3, 0.4) is 0 Å². The molecule has 0 N–H and O–H groups in total. The molecule has 2 nitrogen and oxygen atoms in total. The fourth-order valence-corrected chi connectivity index (χ4v) is 6.92. The predicted octanol–water partition coefficient (Wildman–Crippen LogP) is 2.51. The first-order valence-corrected chi connectivity index (χ1v) is 9.75. The van der Waals surface area contributed by atoms with Crippen molar-refractivity contribution in [2.75, 3.05) is 5.38 Å². The minimum atomic E-state index is -3.58. The summed E-state index contributed by atoms with van der Waals surface area (Å²) in [5.41, 5.74) is 0. The van der Waals surface area contributed by atoms with Crippen molar-refractivity contribution in [3.05, 3.63) is 30.3 Å². The maximum atomic E-state index is 12.7. The summed E-state index contributed by atoms with van der Waals surface area (Å²) >= 11 is 0. The van der Waals surface area contributed by atoms with Gasteiger partial charge in [0.2, 0.25) is 6.05 Å². The Morgan fingerprint density at radius 1 is 1.19 bits per heavy atom. The molecule has 1 aromatic carbocycles. The zero-order valence-corrected chi connectivity index (χ0v) is 11.0. The number of alkyl halides is 2. The third-order valence-electron chi connectivity index (χ3n) is 2.26. The first-order chi connectivity index (χ1) is 7.26. The molecule has 0 spiro atoms. The van der Waals surface area contributed by atoms with Gasteiger partial charge in [-0.05, 0) is 12.1 Å². The number of benzene rings is 1. The van der Waals surface area contributed by atoms with Crippen molar-refractivity contribution in [3.8, 4) is 0 Å². The number of halogens is 2. The average molecular weight is 264 g/mol. The summed E-state index contributed by atoms with van der Waals surface area (Å²) in [5, 5.41) is -0.415. The van der Waals surface area contributed by atoms with Crippen molar-refractivity contribution >= 4 is 17.9 Å². The van der Waals surface area contributed by atoms with E-state index in [-0.39, 0.29) is 4.90 Å². The first kappa shape index (κ1) is 13.3. The minimum Gasteiger partial charge on any atom is -0.224 e. The molecule has 0 unspecified atom stereocenters. The van der Waals surface area contributed by atoms with E-state index in [0.29, 0.717) is 0 Å². The van der Waals surface area contributed by atoms with Crippen molar-refractivity contribution in [2.24, 2.45) is 0 Å². The van der Waals surface area contributed by atoms with E-state index in [1.54, 1.807) is 18.2 Å². The topological polar surface area (TPSA) is 34.1 Å². The van der Waals surface area contributed by atoms with Gasteiger partial charge >= 0.3 is 0 Å². The lowest BCUT2D eigenvalue weighted by atomic mass is 10.4. The molecule has 0 aromatic heterocycles. The summed E-state index contributed by atoms with van der Waals surface area (Å²) in [6.45, 7) is 2.77. The SMILES string of the molecule is C[Si](C)(CS(=O)(=O)c1ccccc1)C(F)F. The molecule has 16 heavy (non-hydrogen) atoms. The highest BCUT2D eigenvalue weighted by Crippen LogP contribution is 2.20. The van der Waals surface area contributed by atoms with Crippen LogP contribution in [-0.2, 0) is 9.84 Å². The van der Waals surface area contributed by atoms with E-state index in [1.807, 2.05) is 0 Å². The van der Waals surface area contributed by atoms with E-state index in [9.17, 15) is 17.2 Å². The van der Waals surface area contributed by atoms with Gasteiger partial charge in [0.1, 0.15) is 8.07 Å². The second-order valence-electron chi connectivity index (χ2n) is 4.36. The highest BCUT2D eigenvalue weighted by Gasteiger charge is 2.38. The lowest BCUT2D eigenvalue weighted by molar-refractivity contribution is 0.228. The Bertz CT molecular complexity index is 443. The van der Waals surface area contributed by atoms with E-state index < -0.39 is 29.3 Å². The van der Waals surface area contributed by atoms with E-state index >= 15 is 0 Å². The summed E-state index contributed by atoms with van der Waals surface area (Å²) in [6, 6.07) is 5.21. The Kier molecular flexibility index (Phi) is 3.85. The van der Waals surface area contributed by atoms with Crippen LogP contribution in [0.25, 0.3) is 0 Å². The number of sulfone groups is 1. The lowest BCUT2D eigenvalue weighted by Crippen LogP contribution is -2.43. The van der Waals surface area contributed by atoms with Crippen molar-refractivity contribution in [1.82, 2.24) is 0 Å². The molecule has 0 radical (unpaired) electrons. The van der Waals surface area contributed by atoms with Crippen LogP contribution >= 0.6 is 0 Å². The molecule has 0 atom stereocenters. The molecular formula is C10H14F2O2SSi. The van der Waals surface area contributed by atoms with Gasteiger partial charge < -0.3 is 0 Å². The van der Waals surface area contributed by atoms with Crippen LogP contribution in [0.2, 0.25) is 13.1 Å². The summed E-state index contributed by atoms with van der Waals surface area (Å²) in [4.78, 5) is 0.122. The molecule has 90 valence electrons. The first-order valence-electron chi connectivity index (χ1n) is 4.82. The van der Waals surface area contributed by atoms with E-state index in [2.05, 4.69) is 0 Å². The molecule has 0 aliphatic heterocycles. The van der Waals surface area contributed by atoms with Crippen molar-refractivity contribution in [1.29, 1.82) is 0 Å². The Hall–Kier alpha value is -0.753. The molecule has 0 fully saturated rings. The third-order valence-corrected chi connectivity index (χ3v) is 8.92. The number of hydrogen-bond donors (Lipinski definition) is 0. The molecular weight excluding hydrogens is 250 g/mol. The fraction of sp³-hybridized carbons (Fsp3) is 0.400. The van der Waals surface area contributed by atoms with E-state index in [1.165, 1.54) is 25.2 Å². The standard InChI is InChI=1S/C10H14F2O2SSi/c1-16(2,10(11)12)8-15(13,14)9-6-4-3-5-7-9/h3-7,10H,8H2,1-2H3. The van der Waals surface area contributed by atoms with E-state index in [0.717, 1.165) is 0 Å². The van der Waals surface area contributed by atoms with Crippen LogP contribution < -0.4 is 0 Å². The van der Waals surface area contributed by atoms with Gasteiger partial charge in [-0.3, -0.25) is 0 Å². The van der Waals surface area contributed by atoms with Gasteiger partial charge in [0.15, 0.2) is 9.84 Å². The number of rotatable bonds is 4. The maximum Gasteiger partial charge on any atom is 0.221 e. The lowest BCUT2D eigenvalue weighted by Gasteiger charge is -2.20. The fourth-order valence-electron chi connectivity index (χ4n) is 1.26. The minimum absolute atomic E-state index is 0.122. The van der Waals surface area contributed by atoms with Crippen LogP contribution in [0.5, 0.6) is 0 Å². The molecule has 0 bridgehead atoms. The highest BCUT2D eigenvalue weighted by atomic mass is 32.2. The summed E-state index contributed by atoms with van der Waals surface area (Å²) in [5.74, 6) is 0. The molecule has 0 saturated heterocycles. The molecule has 1 aromatic rings. The monoisotopic (exact) mass is 264 g/mol. The van der Waals surface area contributed by atoms with Gasteiger partial charge in [0.25, 0.3) is 0 Å². The predicted molar refractivity (Wildman–Crippen MR) is 62.0 cm³/mol. The summed E-state index contributed by atoms with van der Waals surface area (Å²) < 4.78 is 49.0. The molecule has 1 rings (SSSR count). The van der Waals surface area contributed by atoms with Crippen LogP contribution in [0.15, 0.2) is 35.2 Å². The van der Waals surface area contributed by atoms with Crippen LogP contribution in [0.1, 0.15) is 0 Å². The average Bonchev–Trinajstić information content (AvgIpc) is 2.17. The Balaban J connectivity index is 2.98. The third kappa shape index (κ3) is 3.12. The largest absolute Gasteiger partial charge is 0.224 e. The second-order valence-corrected chi connectivity index (χ2v) is 11.6. The Morgan fingerprint density at radius 3 is 2.12 bits per heavy atom. The number of hydrogen-bond acceptors (Lipinski definition) is 2. The zero-order chi connectivity index (χ0) is 12.4.